The van der Waals surface area contributed by atoms with Crippen LogP contribution >= 0.6 is 15.9 Å². The summed E-state index contributed by atoms with van der Waals surface area (Å²) in [6.45, 7) is 2.06. The number of halogens is 1. The minimum atomic E-state index is 0.737. The summed E-state index contributed by atoms with van der Waals surface area (Å²) in [7, 11) is 0. The Kier molecular flexibility index (Phi) is 1.87. The molecular weight excluding hydrogens is 214 g/mol. The first kappa shape index (κ1) is 8.11. The number of aryl methyl sites for hydroxylation is 1. The largest absolute Gasteiger partial charge is 0.398 e. The molecule has 1 aromatic carbocycles. The maximum Gasteiger partial charge on any atom is 0.0379 e. The number of hydrogen-bond acceptors (Lipinski definition) is 1. The summed E-state index contributed by atoms with van der Waals surface area (Å²) in [6.07, 6.45) is 2.61. The SMILES string of the molecule is Cc1cc(Br)cc(C2CC2)c1N. The molecule has 0 radical (unpaired) electrons. The lowest BCUT2D eigenvalue weighted by atomic mass is 10.0. The highest BCUT2D eigenvalue weighted by Crippen LogP contribution is 2.44. The van der Waals surface area contributed by atoms with Gasteiger partial charge in [0.2, 0.25) is 0 Å². The molecule has 2 N–H and O–H groups in total. The minimum absolute atomic E-state index is 0.737. The third kappa shape index (κ3) is 1.36. The van der Waals surface area contributed by atoms with E-state index in [1.807, 2.05) is 0 Å². The van der Waals surface area contributed by atoms with Gasteiger partial charge in [0.05, 0.1) is 0 Å². The van der Waals surface area contributed by atoms with Crippen molar-refractivity contribution in [2.45, 2.75) is 25.7 Å². The molecule has 1 aliphatic carbocycles. The number of anilines is 1. The zero-order valence-electron chi connectivity index (χ0n) is 7.10. The van der Waals surface area contributed by atoms with Crippen LogP contribution in [0.5, 0.6) is 0 Å². The molecule has 1 aliphatic rings. The van der Waals surface area contributed by atoms with Crippen LogP contribution in [0.2, 0.25) is 0 Å². The van der Waals surface area contributed by atoms with E-state index in [0.717, 1.165) is 16.1 Å². The predicted octanol–water partition coefficient (Wildman–Crippen LogP) is 3.22. The topological polar surface area (TPSA) is 26.0 Å². The Bertz CT molecular complexity index is 316. The van der Waals surface area contributed by atoms with Crippen molar-refractivity contribution >= 4 is 21.6 Å². The van der Waals surface area contributed by atoms with E-state index in [1.165, 1.54) is 24.0 Å². The number of benzene rings is 1. The summed E-state index contributed by atoms with van der Waals surface area (Å²) in [6, 6.07) is 4.22. The molecule has 2 rings (SSSR count). The zero-order chi connectivity index (χ0) is 8.72. The van der Waals surface area contributed by atoms with Crippen molar-refractivity contribution in [1.29, 1.82) is 0 Å². The number of nitrogens with two attached hydrogens (primary N) is 1. The first-order chi connectivity index (χ1) is 5.68. The molecule has 1 fully saturated rings. The summed E-state index contributed by atoms with van der Waals surface area (Å²) in [4.78, 5) is 0. The van der Waals surface area contributed by atoms with Gasteiger partial charge in [0.1, 0.15) is 0 Å². The van der Waals surface area contributed by atoms with Gasteiger partial charge in [-0.15, -0.1) is 0 Å². The molecule has 1 aromatic rings. The van der Waals surface area contributed by atoms with Gasteiger partial charge in [0, 0.05) is 10.2 Å². The minimum Gasteiger partial charge on any atom is -0.398 e. The van der Waals surface area contributed by atoms with Crippen LogP contribution < -0.4 is 5.73 Å². The van der Waals surface area contributed by atoms with E-state index in [2.05, 4.69) is 35.0 Å². The molecule has 0 unspecified atom stereocenters. The summed E-state index contributed by atoms with van der Waals surface area (Å²) in [5, 5.41) is 0. The van der Waals surface area contributed by atoms with Crippen molar-refractivity contribution < 1.29 is 0 Å². The maximum atomic E-state index is 5.97. The average molecular weight is 226 g/mol. The van der Waals surface area contributed by atoms with E-state index >= 15 is 0 Å². The first-order valence-corrected chi connectivity index (χ1v) is 5.03. The highest BCUT2D eigenvalue weighted by Gasteiger charge is 2.26. The Labute approximate surface area is 81.1 Å². The predicted molar refractivity (Wildman–Crippen MR) is 55.3 cm³/mol. The van der Waals surface area contributed by atoms with Gasteiger partial charge in [-0.25, -0.2) is 0 Å². The second-order valence-electron chi connectivity index (χ2n) is 3.50. The lowest BCUT2D eigenvalue weighted by Crippen LogP contribution is -1.95. The van der Waals surface area contributed by atoms with Gasteiger partial charge in [-0.3, -0.25) is 0 Å². The molecule has 2 heteroatoms. The molecule has 0 spiro atoms. The van der Waals surface area contributed by atoms with E-state index in [0.29, 0.717) is 0 Å². The summed E-state index contributed by atoms with van der Waals surface area (Å²) >= 11 is 3.49. The Morgan fingerprint density at radius 3 is 2.67 bits per heavy atom. The summed E-state index contributed by atoms with van der Waals surface area (Å²) in [5.41, 5.74) is 9.48. The zero-order valence-corrected chi connectivity index (χ0v) is 8.69. The first-order valence-electron chi connectivity index (χ1n) is 4.24. The van der Waals surface area contributed by atoms with Crippen molar-refractivity contribution in [3.8, 4) is 0 Å². The van der Waals surface area contributed by atoms with Gasteiger partial charge in [0.25, 0.3) is 0 Å². The Morgan fingerprint density at radius 1 is 1.42 bits per heavy atom. The lowest BCUT2D eigenvalue weighted by molar-refractivity contribution is 1.12. The standard InChI is InChI=1S/C10H12BrN/c1-6-4-8(11)5-9(10(6)12)7-2-3-7/h4-5,7H,2-3,12H2,1H3. The molecular formula is C10H12BrN. The third-order valence-electron chi connectivity index (χ3n) is 2.40. The molecule has 12 heavy (non-hydrogen) atoms. The van der Waals surface area contributed by atoms with E-state index in [9.17, 15) is 0 Å². The fourth-order valence-corrected chi connectivity index (χ4v) is 2.10. The number of rotatable bonds is 1. The van der Waals surface area contributed by atoms with E-state index in [-0.39, 0.29) is 0 Å². The molecule has 0 amide bonds. The van der Waals surface area contributed by atoms with Crippen molar-refractivity contribution in [2.24, 2.45) is 0 Å². The second-order valence-corrected chi connectivity index (χ2v) is 4.42. The second kappa shape index (κ2) is 2.77. The number of hydrogen-bond donors (Lipinski definition) is 1. The van der Waals surface area contributed by atoms with Gasteiger partial charge < -0.3 is 5.73 Å². The van der Waals surface area contributed by atoms with Crippen molar-refractivity contribution in [2.75, 3.05) is 5.73 Å². The van der Waals surface area contributed by atoms with Crippen molar-refractivity contribution in [3.63, 3.8) is 0 Å². The van der Waals surface area contributed by atoms with Gasteiger partial charge in [-0.1, -0.05) is 15.9 Å². The monoisotopic (exact) mass is 225 g/mol. The van der Waals surface area contributed by atoms with Gasteiger partial charge in [-0.05, 0) is 48.9 Å². The van der Waals surface area contributed by atoms with Crippen LogP contribution in [0, 0.1) is 6.92 Å². The van der Waals surface area contributed by atoms with Crippen molar-refractivity contribution in [1.82, 2.24) is 0 Å². The molecule has 0 aromatic heterocycles. The normalized spacial score (nSPS) is 16.5. The van der Waals surface area contributed by atoms with E-state index in [4.69, 9.17) is 5.73 Å². The Balaban J connectivity index is 2.51. The van der Waals surface area contributed by atoms with Crippen LogP contribution in [0.15, 0.2) is 16.6 Å². The number of nitrogen functional groups attached to an aromatic ring is 1. The van der Waals surface area contributed by atoms with Crippen LogP contribution in [-0.2, 0) is 0 Å². The molecule has 0 heterocycles. The Hall–Kier alpha value is -0.500. The third-order valence-corrected chi connectivity index (χ3v) is 2.86. The molecule has 0 aliphatic heterocycles. The highest BCUT2D eigenvalue weighted by atomic mass is 79.9. The fraction of sp³-hybridized carbons (Fsp3) is 0.400. The molecule has 0 atom stereocenters. The summed E-state index contributed by atoms with van der Waals surface area (Å²) < 4.78 is 1.15. The van der Waals surface area contributed by atoms with Crippen LogP contribution in [0.4, 0.5) is 5.69 Å². The average Bonchev–Trinajstić information content (AvgIpc) is 2.79. The smallest absolute Gasteiger partial charge is 0.0379 e. The van der Waals surface area contributed by atoms with Gasteiger partial charge in [0.15, 0.2) is 0 Å². The van der Waals surface area contributed by atoms with Crippen LogP contribution in [-0.4, -0.2) is 0 Å². The quantitative estimate of drug-likeness (QED) is 0.731. The lowest BCUT2D eigenvalue weighted by Gasteiger charge is -2.07. The van der Waals surface area contributed by atoms with Crippen LogP contribution in [0.25, 0.3) is 0 Å². The Morgan fingerprint density at radius 2 is 2.08 bits per heavy atom. The van der Waals surface area contributed by atoms with Crippen LogP contribution in [0.3, 0.4) is 0 Å². The summed E-state index contributed by atoms with van der Waals surface area (Å²) in [5.74, 6) is 0.737. The van der Waals surface area contributed by atoms with Crippen LogP contribution in [0.1, 0.15) is 29.9 Å². The van der Waals surface area contributed by atoms with E-state index in [1.54, 1.807) is 0 Å². The van der Waals surface area contributed by atoms with E-state index < -0.39 is 0 Å². The molecule has 1 saturated carbocycles. The van der Waals surface area contributed by atoms with Gasteiger partial charge >= 0.3 is 0 Å². The van der Waals surface area contributed by atoms with Gasteiger partial charge in [-0.2, -0.15) is 0 Å². The molecule has 0 saturated heterocycles. The van der Waals surface area contributed by atoms with Crippen molar-refractivity contribution in [3.05, 3.63) is 27.7 Å². The molecule has 0 bridgehead atoms. The molecule has 64 valence electrons. The highest BCUT2D eigenvalue weighted by molar-refractivity contribution is 9.10. The fourth-order valence-electron chi connectivity index (χ4n) is 1.51. The molecule has 1 nitrogen and oxygen atoms in total. The maximum absolute atomic E-state index is 5.97.